The van der Waals surface area contributed by atoms with E-state index in [4.69, 9.17) is 0 Å². The van der Waals surface area contributed by atoms with Crippen molar-refractivity contribution in [1.29, 1.82) is 0 Å². The summed E-state index contributed by atoms with van der Waals surface area (Å²) in [6.07, 6.45) is 0. The molecule has 1 heterocycles. The Labute approximate surface area is 176 Å². The van der Waals surface area contributed by atoms with Crippen molar-refractivity contribution in [2.75, 3.05) is 17.6 Å². The van der Waals surface area contributed by atoms with Gasteiger partial charge in [0.15, 0.2) is 0 Å². The maximum Gasteiger partial charge on any atom is 0.255 e. The Balaban J connectivity index is 1.86. The van der Waals surface area contributed by atoms with E-state index in [-0.39, 0.29) is 5.91 Å². The summed E-state index contributed by atoms with van der Waals surface area (Å²) in [6.45, 7) is 9.57. The zero-order valence-corrected chi connectivity index (χ0v) is 18.6. The second-order valence-corrected chi connectivity index (χ2v) is 9.82. The molecular weight excluding hydrogens is 384 g/mol. The minimum absolute atomic E-state index is 0.0350. The van der Waals surface area contributed by atoms with E-state index in [1.165, 1.54) is 11.1 Å². The molecule has 5 heteroatoms. The molecule has 3 nitrogen and oxygen atoms in total. The van der Waals surface area contributed by atoms with Gasteiger partial charge in [-0.25, -0.2) is 0 Å². The van der Waals surface area contributed by atoms with Gasteiger partial charge in [-0.2, -0.15) is 0 Å². The fraction of sp³-hybridized carbons (Fsp3) is 0.391. The van der Waals surface area contributed by atoms with E-state index in [0.717, 1.165) is 39.2 Å². The van der Waals surface area contributed by atoms with Crippen LogP contribution in [0, 0.1) is 0 Å². The molecule has 1 N–H and O–H groups in total. The second kappa shape index (κ2) is 9.66. The highest BCUT2D eigenvalue weighted by Gasteiger charge is 2.19. The number of benzene rings is 2. The van der Waals surface area contributed by atoms with Gasteiger partial charge in [0.05, 0.1) is 6.54 Å². The minimum atomic E-state index is -0.0350. The maximum absolute atomic E-state index is 13.2. The summed E-state index contributed by atoms with van der Waals surface area (Å²) in [5.74, 6) is 2.48. The Morgan fingerprint density at radius 2 is 1.75 bits per heavy atom. The first-order valence-electron chi connectivity index (χ1n) is 9.79. The third-order valence-electron chi connectivity index (χ3n) is 4.78. The highest BCUT2D eigenvalue weighted by atomic mass is 32.2. The van der Waals surface area contributed by atoms with E-state index in [2.05, 4.69) is 56.2 Å². The molecule has 0 aliphatic carbocycles. The first-order chi connectivity index (χ1) is 13.5. The predicted octanol–water partition coefficient (Wildman–Crippen LogP) is 6.52. The van der Waals surface area contributed by atoms with E-state index in [1.807, 2.05) is 24.3 Å². The maximum atomic E-state index is 13.2. The lowest BCUT2D eigenvalue weighted by molar-refractivity contribution is 0.102. The number of nitrogens with zero attached hydrogens (tertiary/aromatic N) is 1. The molecule has 2 aromatic carbocycles. The van der Waals surface area contributed by atoms with Crippen molar-refractivity contribution < 1.29 is 4.79 Å². The number of hydrogen-bond donors (Lipinski definition) is 1. The number of hydrogen-bond acceptors (Lipinski definition) is 4. The van der Waals surface area contributed by atoms with Gasteiger partial charge in [-0.15, -0.1) is 0 Å². The van der Waals surface area contributed by atoms with Crippen LogP contribution in [0.1, 0.15) is 66.6 Å². The van der Waals surface area contributed by atoms with Gasteiger partial charge >= 0.3 is 0 Å². The molecule has 0 spiro atoms. The van der Waals surface area contributed by atoms with Gasteiger partial charge in [-0.3, -0.25) is 9.79 Å². The van der Waals surface area contributed by atoms with Crippen LogP contribution in [-0.4, -0.2) is 22.6 Å². The molecule has 3 rings (SSSR count). The van der Waals surface area contributed by atoms with Crippen LogP contribution in [0.2, 0.25) is 0 Å². The number of anilines is 1. The largest absolute Gasteiger partial charge is 0.321 e. The molecule has 2 aromatic rings. The van der Waals surface area contributed by atoms with Crippen LogP contribution in [0.4, 0.5) is 5.69 Å². The summed E-state index contributed by atoms with van der Waals surface area (Å²) in [5, 5.41) is 3.24. The number of carbonyl (C=O) groups is 1. The number of nitrogens with one attached hydrogen (secondary N) is 1. The Hall–Kier alpha value is -1.72. The van der Waals surface area contributed by atoms with E-state index in [1.54, 1.807) is 23.5 Å². The fourth-order valence-corrected chi connectivity index (χ4v) is 5.30. The van der Waals surface area contributed by atoms with Crippen molar-refractivity contribution >= 4 is 39.5 Å². The Bertz CT molecular complexity index is 848. The molecule has 28 heavy (non-hydrogen) atoms. The van der Waals surface area contributed by atoms with E-state index < -0.39 is 0 Å². The van der Waals surface area contributed by atoms with Crippen LogP contribution in [0.5, 0.6) is 0 Å². The SMILES string of the molecule is CC(C)c1cccc(C(C)C)c1NC(=O)c1ccccc1CSC1=NCCS1. The Morgan fingerprint density at radius 3 is 2.36 bits per heavy atom. The molecule has 0 radical (unpaired) electrons. The zero-order valence-electron chi connectivity index (χ0n) is 17.0. The van der Waals surface area contributed by atoms with Gasteiger partial charge in [0, 0.05) is 22.8 Å². The summed E-state index contributed by atoms with van der Waals surface area (Å²) in [4.78, 5) is 17.7. The average molecular weight is 413 g/mol. The number of thioether (sulfide) groups is 2. The van der Waals surface area contributed by atoms with E-state index in [9.17, 15) is 4.79 Å². The summed E-state index contributed by atoms with van der Waals surface area (Å²) < 4.78 is 1.13. The van der Waals surface area contributed by atoms with Crippen LogP contribution in [0.25, 0.3) is 0 Å². The van der Waals surface area contributed by atoms with Crippen molar-refractivity contribution in [1.82, 2.24) is 0 Å². The Morgan fingerprint density at radius 1 is 1.07 bits per heavy atom. The Kier molecular flexibility index (Phi) is 7.24. The lowest BCUT2D eigenvalue weighted by atomic mass is 9.92. The smallest absolute Gasteiger partial charge is 0.255 e. The molecule has 0 fully saturated rings. The van der Waals surface area contributed by atoms with Crippen molar-refractivity contribution in [3.63, 3.8) is 0 Å². The monoisotopic (exact) mass is 412 g/mol. The molecule has 148 valence electrons. The third kappa shape index (κ3) is 5.00. The van der Waals surface area contributed by atoms with Gasteiger partial charge in [0.25, 0.3) is 5.91 Å². The van der Waals surface area contributed by atoms with Crippen LogP contribution in [-0.2, 0) is 5.75 Å². The number of para-hydroxylation sites is 1. The highest BCUT2D eigenvalue weighted by Crippen LogP contribution is 2.33. The van der Waals surface area contributed by atoms with Gasteiger partial charge in [-0.1, -0.05) is 87.6 Å². The first-order valence-corrected chi connectivity index (χ1v) is 11.8. The molecule has 0 saturated carbocycles. The lowest BCUT2D eigenvalue weighted by Gasteiger charge is -2.20. The van der Waals surface area contributed by atoms with Crippen LogP contribution < -0.4 is 5.32 Å². The molecule has 0 unspecified atom stereocenters. The molecule has 0 aromatic heterocycles. The van der Waals surface area contributed by atoms with Gasteiger partial charge in [0.2, 0.25) is 0 Å². The van der Waals surface area contributed by atoms with E-state index in [0.29, 0.717) is 11.8 Å². The van der Waals surface area contributed by atoms with Gasteiger partial charge < -0.3 is 5.32 Å². The van der Waals surface area contributed by atoms with Crippen LogP contribution >= 0.6 is 23.5 Å². The van der Waals surface area contributed by atoms with Gasteiger partial charge in [-0.05, 0) is 34.6 Å². The quantitative estimate of drug-likeness (QED) is 0.587. The van der Waals surface area contributed by atoms with Crippen molar-refractivity contribution in [2.45, 2.75) is 45.3 Å². The fourth-order valence-electron chi connectivity index (χ4n) is 3.29. The van der Waals surface area contributed by atoms with Crippen molar-refractivity contribution in [2.24, 2.45) is 4.99 Å². The molecule has 0 saturated heterocycles. The summed E-state index contributed by atoms with van der Waals surface area (Å²) >= 11 is 3.53. The third-order valence-corrected chi connectivity index (χ3v) is 7.08. The highest BCUT2D eigenvalue weighted by molar-refractivity contribution is 8.38. The standard InChI is InChI=1S/C23H28N2OS2/c1-15(2)18-10-7-11-19(16(3)4)21(18)25-22(26)20-9-6-5-8-17(20)14-28-23-24-12-13-27-23/h5-11,15-16H,12-14H2,1-4H3,(H,25,26). The van der Waals surface area contributed by atoms with Gasteiger partial charge in [0.1, 0.15) is 4.38 Å². The number of rotatable bonds is 6. The molecule has 1 aliphatic rings. The topological polar surface area (TPSA) is 41.5 Å². The molecule has 1 aliphatic heterocycles. The number of amides is 1. The molecular formula is C23H28N2OS2. The first kappa shape index (κ1) is 21.0. The minimum Gasteiger partial charge on any atom is -0.321 e. The summed E-state index contributed by atoms with van der Waals surface area (Å²) in [7, 11) is 0. The zero-order chi connectivity index (χ0) is 20.1. The lowest BCUT2D eigenvalue weighted by Crippen LogP contribution is -2.17. The van der Waals surface area contributed by atoms with Crippen LogP contribution in [0.15, 0.2) is 47.5 Å². The number of aliphatic imine (C=N–C) groups is 1. The van der Waals surface area contributed by atoms with E-state index >= 15 is 0 Å². The van der Waals surface area contributed by atoms with Crippen molar-refractivity contribution in [3.05, 3.63) is 64.7 Å². The summed E-state index contributed by atoms with van der Waals surface area (Å²) in [6, 6.07) is 14.2. The predicted molar refractivity (Wildman–Crippen MR) is 125 cm³/mol. The summed E-state index contributed by atoms with van der Waals surface area (Å²) in [5.41, 5.74) is 5.13. The average Bonchev–Trinajstić information content (AvgIpc) is 3.20. The molecule has 1 amide bonds. The number of carbonyl (C=O) groups excluding carboxylic acids is 1. The second-order valence-electron chi connectivity index (χ2n) is 7.52. The molecule has 0 bridgehead atoms. The van der Waals surface area contributed by atoms with Crippen LogP contribution in [0.3, 0.4) is 0 Å². The normalized spacial score (nSPS) is 13.9. The van der Waals surface area contributed by atoms with Crippen molar-refractivity contribution in [3.8, 4) is 0 Å². The molecule has 0 atom stereocenters.